The summed E-state index contributed by atoms with van der Waals surface area (Å²) >= 11 is 1.73. The zero-order valence-corrected chi connectivity index (χ0v) is 13.1. The molecule has 1 saturated heterocycles. The summed E-state index contributed by atoms with van der Waals surface area (Å²) in [5.41, 5.74) is 0. The number of imidazole rings is 1. The molecule has 19 heavy (non-hydrogen) atoms. The molecule has 0 aromatic carbocycles. The second kappa shape index (κ2) is 6.28. The standard InChI is InChI=1S/C12H21N3O2S2/c1-3-14-8-6-13-12(14)18-10-11-5-4-7-15(9-11)19(2,16)17/h6,8,11H,3-5,7,9-10H2,1-2H3/t11-/m0/s1. The van der Waals surface area contributed by atoms with Crippen LogP contribution in [-0.4, -0.2) is 47.4 Å². The van der Waals surface area contributed by atoms with E-state index in [9.17, 15) is 8.42 Å². The SMILES string of the molecule is CCn1ccnc1SC[C@H]1CCCN(S(C)(=O)=O)C1. The minimum atomic E-state index is -3.04. The Labute approximate surface area is 119 Å². The first-order valence-electron chi connectivity index (χ1n) is 6.59. The van der Waals surface area contributed by atoms with Crippen molar-refractivity contribution in [3.8, 4) is 0 Å². The molecule has 7 heteroatoms. The maximum Gasteiger partial charge on any atom is 0.211 e. The highest BCUT2D eigenvalue weighted by Gasteiger charge is 2.26. The second-order valence-corrected chi connectivity index (χ2v) is 7.91. The molecule has 0 radical (unpaired) electrons. The first-order valence-corrected chi connectivity index (χ1v) is 9.43. The maximum atomic E-state index is 11.6. The Balaban J connectivity index is 1.90. The Kier molecular flexibility index (Phi) is 4.92. The normalized spacial score (nSPS) is 21.7. The number of piperidine rings is 1. The summed E-state index contributed by atoms with van der Waals surface area (Å²) in [6.07, 6.45) is 7.15. The van der Waals surface area contributed by atoms with Crippen LogP contribution in [0.15, 0.2) is 17.6 Å². The lowest BCUT2D eigenvalue weighted by Crippen LogP contribution is -2.39. The van der Waals surface area contributed by atoms with Crippen molar-refractivity contribution < 1.29 is 8.42 Å². The fraction of sp³-hybridized carbons (Fsp3) is 0.750. The Bertz CT molecular complexity index is 513. The van der Waals surface area contributed by atoms with E-state index in [1.807, 2.05) is 12.4 Å². The second-order valence-electron chi connectivity index (χ2n) is 4.94. The molecule has 0 amide bonds. The number of aryl methyl sites for hydroxylation is 1. The first kappa shape index (κ1) is 14.9. The van der Waals surface area contributed by atoms with Crippen molar-refractivity contribution in [3.05, 3.63) is 12.4 Å². The Morgan fingerprint density at radius 3 is 3.00 bits per heavy atom. The molecule has 1 aliphatic heterocycles. The van der Waals surface area contributed by atoms with Crippen LogP contribution in [0.3, 0.4) is 0 Å². The van der Waals surface area contributed by atoms with Crippen LogP contribution in [0.25, 0.3) is 0 Å². The quantitative estimate of drug-likeness (QED) is 0.776. The highest BCUT2D eigenvalue weighted by Crippen LogP contribution is 2.25. The number of thioether (sulfide) groups is 1. The van der Waals surface area contributed by atoms with Gasteiger partial charge in [0.1, 0.15) is 0 Å². The molecule has 0 aliphatic carbocycles. The molecule has 0 saturated carbocycles. The number of nitrogens with zero attached hydrogens (tertiary/aromatic N) is 3. The van der Waals surface area contributed by atoms with Crippen LogP contribution < -0.4 is 0 Å². The predicted octanol–water partition coefficient (Wildman–Crippen LogP) is 1.67. The molecule has 0 N–H and O–H groups in total. The Hall–Kier alpha value is -0.530. The Morgan fingerprint density at radius 1 is 1.53 bits per heavy atom. The van der Waals surface area contributed by atoms with E-state index < -0.39 is 10.0 Å². The molecule has 5 nitrogen and oxygen atoms in total. The molecular formula is C12H21N3O2S2. The predicted molar refractivity (Wildman–Crippen MR) is 77.8 cm³/mol. The van der Waals surface area contributed by atoms with Crippen molar-refractivity contribution in [1.29, 1.82) is 0 Å². The lowest BCUT2D eigenvalue weighted by atomic mass is 10.0. The Morgan fingerprint density at radius 2 is 2.32 bits per heavy atom. The summed E-state index contributed by atoms with van der Waals surface area (Å²) in [6, 6.07) is 0. The molecule has 2 rings (SSSR count). The van der Waals surface area contributed by atoms with Crippen LogP contribution in [-0.2, 0) is 16.6 Å². The smallest absolute Gasteiger partial charge is 0.211 e. The number of hydrogen-bond donors (Lipinski definition) is 0. The van der Waals surface area contributed by atoms with Gasteiger partial charge in [-0.05, 0) is 25.7 Å². The largest absolute Gasteiger partial charge is 0.326 e. The van der Waals surface area contributed by atoms with Gasteiger partial charge in [-0.3, -0.25) is 0 Å². The summed E-state index contributed by atoms with van der Waals surface area (Å²) < 4.78 is 26.9. The van der Waals surface area contributed by atoms with Gasteiger partial charge in [0.25, 0.3) is 0 Å². The van der Waals surface area contributed by atoms with Crippen molar-refractivity contribution in [2.45, 2.75) is 31.5 Å². The average Bonchev–Trinajstić information content (AvgIpc) is 2.83. The lowest BCUT2D eigenvalue weighted by molar-refractivity contribution is 0.286. The monoisotopic (exact) mass is 303 g/mol. The number of aromatic nitrogens is 2. The number of hydrogen-bond acceptors (Lipinski definition) is 4. The van der Waals surface area contributed by atoms with Gasteiger partial charge in [0.15, 0.2) is 5.16 Å². The maximum absolute atomic E-state index is 11.6. The zero-order chi connectivity index (χ0) is 13.9. The summed E-state index contributed by atoms with van der Waals surface area (Å²) in [5, 5.41) is 1.03. The minimum Gasteiger partial charge on any atom is -0.326 e. The highest BCUT2D eigenvalue weighted by molar-refractivity contribution is 7.99. The third-order valence-electron chi connectivity index (χ3n) is 3.42. The lowest BCUT2D eigenvalue weighted by Gasteiger charge is -2.30. The van der Waals surface area contributed by atoms with Crippen molar-refractivity contribution in [2.75, 3.05) is 25.1 Å². The summed E-state index contributed by atoms with van der Waals surface area (Å²) in [4.78, 5) is 4.33. The molecule has 1 aromatic heterocycles. The summed E-state index contributed by atoms with van der Waals surface area (Å²) in [7, 11) is -3.04. The van der Waals surface area contributed by atoms with Gasteiger partial charge in [0.2, 0.25) is 10.0 Å². The average molecular weight is 303 g/mol. The molecule has 1 atom stereocenters. The molecule has 0 spiro atoms. The van der Waals surface area contributed by atoms with Crippen molar-refractivity contribution in [3.63, 3.8) is 0 Å². The molecule has 1 fully saturated rings. The van der Waals surface area contributed by atoms with E-state index in [4.69, 9.17) is 0 Å². The highest BCUT2D eigenvalue weighted by atomic mass is 32.2. The molecule has 0 bridgehead atoms. The van der Waals surface area contributed by atoms with Gasteiger partial charge in [0, 0.05) is 37.8 Å². The van der Waals surface area contributed by atoms with Crippen molar-refractivity contribution in [2.24, 2.45) is 5.92 Å². The van der Waals surface area contributed by atoms with Crippen LogP contribution in [0.2, 0.25) is 0 Å². The molecule has 1 aliphatic rings. The molecule has 0 unspecified atom stereocenters. The van der Waals surface area contributed by atoms with Crippen molar-refractivity contribution in [1.82, 2.24) is 13.9 Å². The van der Waals surface area contributed by atoms with Crippen LogP contribution in [0, 0.1) is 5.92 Å². The fourth-order valence-corrected chi connectivity index (χ4v) is 4.42. The topological polar surface area (TPSA) is 55.2 Å². The van der Waals surface area contributed by atoms with Gasteiger partial charge in [-0.1, -0.05) is 11.8 Å². The van der Waals surface area contributed by atoms with E-state index in [2.05, 4.69) is 16.5 Å². The summed E-state index contributed by atoms with van der Waals surface area (Å²) in [5.74, 6) is 1.36. The van der Waals surface area contributed by atoms with E-state index in [0.717, 1.165) is 30.3 Å². The van der Waals surface area contributed by atoms with E-state index in [1.54, 1.807) is 16.1 Å². The van der Waals surface area contributed by atoms with E-state index >= 15 is 0 Å². The molecular weight excluding hydrogens is 282 g/mol. The zero-order valence-electron chi connectivity index (χ0n) is 11.4. The van der Waals surface area contributed by atoms with Crippen LogP contribution in [0.1, 0.15) is 19.8 Å². The third kappa shape index (κ3) is 3.97. The van der Waals surface area contributed by atoms with Gasteiger partial charge < -0.3 is 4.57 Å². The first-order chi connectivity index (χ1) is 9.00. The molecule has 1 aromatic rings. The van der Waals surface area contributed by atoms with Gasteiger partial charge in [-0.2, -0.15) is 0 Å². The van der Waals surface area contributed by atoms with Crippen molar-refractivity contribution >= 4 is 21.8 Å². The van der Waals surface area contributed by atoms with Gasteiger partial charge >= 0.3 is 0 Å². The molecule has 2 heterocycles. The van der Waals surface area contributed by atoms with E-state index in [0.29, 0.717) is 19.0 Å². The van der Waals surface area contributed by atoms with Crippen LogP contribution >= 0.6 is 11.8 Å². The third-order valence-corrected chi connectivity index (χ3v) is 5.92. The number of sulfonamides is 1. The van der Waals surface area contributed by atoms with Gasteiger partial charge in [0.05, 0.1) is 6.26 Å². The minimum absolute atomic E-state index is 0.426. The van der Waals surface area contributed by atoms with Gasteiger partial charge in [-0.25, -0.2) is 17.7 Å². The number of rotatable bonds is 5. The van der Waals surface area contributed by atoms with E-state index in [-0.39, 0.29) is 0 Å². The molecule has 108 valence electrons. The van der Waals surface area contributed by atoms with Crippen LogP contribution in [0.5, 0.6) is 0 Å². The van der Waals surface area contributed by atoms with Gasteiger partial charge in [-0.15, -0.1) is 0 Å². The van der Waals surface area contributed by atoms with Crippen LogP contribution in [0.4, 0.5) is 0 Å². The fourth-order valence-electron chi connectivity index (χ4n) is 2.33. The van der Waals surface area contributed by atoms with E-state index in [1.165, 1.54) is 6.26 Å². The summed E-state index contributed by atoms with van der Waals surface area (Å²) in [6.45, 7) is 4.34.